The third-order valence-corrected chi connectivity index (χ3v) is 4.01. The molecule has 1 aromatic heterocycles. The van der Waals surface area contributed by atoms with Crippen LogP contribution in [0.4, 0.5) is 11.6 Å². The fraction of sp³-hybridized carbons (Fsp3) is 0.267. The molecule has 114 valence electrons. The smallest absolute Gasteiger partial charge is 0.255 e. The quantitative estimate of drug-likeness (QED) is 0.849. The van der Waals surface area contributed by atoms with Gasteiger partial charge in [0, 0.05) is 11.4 Å². The summed E-state index contributed by atoms with van der Waals surface area (Å²) in [5.74, 6) is 1.48. The molecular weight excluding hydrogens is 298 g/mol. The molecule has 0 aliphatic carbocycles. The number of nitrogens with zero attached hydrogens (tertiary/aromatic N) is 3. The minimum absolute atomic E-state index is 0.123. The number of benzene rings is 1. The van der Waals surface area contributed by atoms with Crippen LogP contribution < -0.4 is 10.6 Å². The second-order valence-corrected chi connectivity index (χ2v) is 6.09. The highest BCUT2D eigenvalue weighted by molar-refractivity contribution is 7.99. The molecule has 3 rings (SSSR count). The van der Waals surface area contributed by atoms with Crippen LogP contribution in [0.1, 0.15) is 13.8 Å². The molecule has 6 nitrogen and oxygen atoms in total. The predicted molar refractivity (Wildman–Crippen MR) is 87.8 cm³/mol. The first-order valence-corrected chi connectivity index (χ1v) is 8.06. The highest BCUT2D eigenvalue weighted by atomic mass is 32.2. The molecule has 0 unspecified atom stereocenters. The van der Waals surface area contributed by atoms with Gasteiger partial charge in [-0.15, -0.1) is 5.10 Å². The van der Waals surface area contributed by atoms with Gasteiger partial charge in [0.05, 0.1) is 12.1 Å². The lowest BCUT2D eigenvalue weighted by atomic mass is 10.1. The molecule has 0 saturated carbocycles. The maximum Gasteiger partial charge on any atom is 0.255 e. The van der Waals surface area contributed by atoms with Crippen molar-refractivity contribution in [2.45, 2.75) is 25.5 Å². The largest absolute Gasteiger partial charge is 0.328 e. The van der Waals surface area contributed by atoms with Crippen molar-refractivity contribution in [1.82, 2.24) is 14.8 Å². The van der Waals surface area contributed by atoms with Gasteiger partial charge in [0.1, 0.15) is 0 Å². The summed E-state index contributed by atoms with van der Waals surface area (Å²) in [6.45, 7) is 4.36. The van der Waals surface area contributed by atoms with E-state index in [1.165, 1.54) is 0 Å². The van der Waals surface area contributed by atoms with Crippen LogP contribution >= 0.6 is 11.8 Å². The number of nitrogens with one attached hydrogen (secondary N) is 2. The van der Waals surface area contributed by atoms with Crippen LogP contribution in [0.5, 0.6) is 0 Å². The third kappa shape index (κ3) is 2.99. The van der Waals surface area contributed by atoms with Gasteiger partial charge in [-0.2, -0.15) is 4.98 Å². The van der Waals surface area contributed by atoms with Crippen LogP contribution in [0, 0.1) is 0 Å². The summed E-state index contributed by atoms with van der Waals surface area (Å²) in [7, 11) is 0. The number of aromatic nitrogens is 3. The Bertz CT molecular complexity index is 723. The lowest BCUT2D eigenvalue weighted by Crippen LogP contribution is -2.26. The Morgan fingerprint density at radius 3 is 2.91 bits per heavy atom. The highest BCUT2D eigenvalue weighted by Gasteiger charge is 2.23. The number of thioether (sulfide) groups is 1. The van der Waals surface area contributed by atoms with E-state index in [1.807, 2.05) is 37.3 Å². The summed E-state index contributed by atoms with van der Waals surface area (Å²) in [5, 5.41) is 11.2. The Kier molecular flexibility index (Phi) is 4.15. The average Bonchev–Trinajstić information content (AvgIpc) is 2.89. The van der Waals surface area contributed by atoms with Crippen molar-refractivity contribution in [3.63, 3.8) is 0 Å². The minimum Gasteiger partial charge on any atom is -0.328 e. The summed E-state index contributed by atoms with van der Waals surface area (Å²) in [6.07, 6.45) is 0. The van der Waals surface area contributed by atoms with E-state index in [4.69, 9.17) is 0 Å². The molecule has 0 spiro atoms. The van der Waals surface area contributed by atoms with E-state index in [0.29, 0.717) is 18.1 Å². The van der Waals surface area contributed by atoms with Crippen LogP contribution in [0.2, 0.25) is 0 Å². The third-order valence-electron chi connectivity index (χ3n) is 3.29. The second-order valence-electron chi connectivity index (χ2n) is 4.86. The molecule has 22 heavy (non-hydrogen) atoms. The van der Waals surface area contributed by atoms with Gasteiger partial charge in [-0.25, -0.2) is 4.68 Å². The molecule has 0 saturated heterocycles. The molecule has 0 bridgehead atoms. The summed E-state index contributed by atoms with van der Waals surface area (Å²) >= 11 is 1.58. The number of fused-ring (bicyclic) bond motifs is 1. The first kappa shape index (κ1) is 14.6. The Balaban J connectivity index is 1.77. The molecule has 2 heterocycles. The van der Waals surface area contributed by atoms with E-state index >= 15 is 0 Å². The van der Waals surface area contributed by atoms with Crippen molar-refractivity contribution < 1.29 is 4.79 Å². The van der Waals surface area contributed by atoms with Crippen molar-refractivity contribution in [3.05, 3.63) is 41.6 Å². The van der Waals surface area contributed by atoms with Gasteiger partial charge in [-0.05, 0) is 24.8 Å². The summed E-state index contributed by atoms with van der Waals surface area (Å²) in [6, 6.07) is 9.41. The zero-order valence-electron chi connectivity index (χ0n) is 12.5. The molecular formula is C15H17N5OS. The number of rotatable bonds is 4. The maximum atomic E-state index is 12.4. The van der Waals surface area contributed by atoms with Crippen molar-refractivity contribution >= 4 is 29.3 Å². The Labute approximate surface area is 133 Å². The highest BCUT2D eigenvalue weighted by Crippen LogP contribution is 2.24. The van der Waals surface area contributed by atoms with E-state index in [9.17, 15) is 4.79 Å². The molecule has 2 N–H and O–H groups in total. The number of hydrogen-bond acceptors (Lipinski definition) is 5. The number of amides is 1. The average molecular weight is 315 g/mol. The van der Waals surface area contributed by atoms with E-state index in [2.05, 4.69) is 27.6 Å². The van der Waals surface area contributed by atoms with Gasteiger partial charge < -0.3 is 10.6 Å². The molecule has 1 aromatic carbocycles. The van der Waals surface area contributed by atoms with E-state index < -0.39 is 0 Å². The van der Waals surface area contributed by atoms with Crippen molar-refractivity contribution in [2.24, 2.45) is 0 Å². The number of allylic oxidation sites excluding steroid dienone is 1. The van der Waals surface area contributed by atoms with Gasteiger partial charge in [-0.3, -0.25) is 4.79 Å². The van der Waals surface area contributed by atoms with Crippen molar-refractivity contribution in [1.29, 1.82) is 0 Å². The molecule has 0 radical (unpaired) electrons. The monoisotopic (exact) mass is 315 g/mol. The van der Waals surface area contributed by atoms with Gasteiger partial charge in [0.2, 0.25) is 11.1 Å². The summed E-state index contributed by atoms with van der Waals surface area (Å²) in [5.41, 5.74) is 2.25. The number of carbonyl (C=O) groups excluding carboxylic acids is 1. The first-order valence-electron chi connectivity index (χ1n) is 7.08. The van der Waals surface area contributed by atoms with Crippen LogP contribution in [-0.2, 0) is 11.3 Å². The minimum atomic E-state index is -0.123. The van der Waals surface area contributed by atoms with Gasteiger partial charge in [0.25, 0.3) is 5.91 Å². The summed E-state index contributed by atoms with van der Waals surface area (Å²) < 4.78 is 1.73. The molecule has 0 fully saturated rings. The normalized spacial score (nSPS) is 13.5. The van der Waals surface area contributed by atoms with Gasteiger partial charge >= 0.3 is 0 Å². The van der Waals surface area contributed by atoms with Crippen LogP contribution in [0.15, 0.2) is 46.8 Å². The Hall–Kier alpha value is -2.28. The lowest BCUT2D eigenvalue weighted by Gasteiger charge is -2.19. The lowest BCUT2D eigenvalue weighted by molar-refractivity contribution is -0.113. The Morgan fingerprint density at radius 1 is 1.41 bits per heavy atom. The molecule has 7 heteroatoms. The standard InChI is InChI=1S/C15H17N5OS/c1-3-22-15-18-14-16-10(2)12(9-20(14)19-15)13(21)17-11-7-5-4-6-8-11/h4-8H,3,9H2,1-2H3,(H,17,21)(H,16,18,19). The van der Waals surface area contributed by atoms with Gasteiger partial charge in [-0.1, -0.05) is 36.9 Å². The molecule has 1 aliphatic rings. The first-order chi connectivity index (χ1) is 10.7. The number of para-hydroxylation sites is 1. The fourth-order valence-corrected chi connectivity index (χ4v) is 2.76. The molecule has 2 aromatic rings. The number of hydrogen-bond donors (Lipinski definition) is 2. The topological polar surface area (TPSA) is 71.8 Å². The van der Waals surface area contributed by atoms with E-state index in [0.717, 1.165) is 22.3 Å². The van der Waals surface area contributed by atoms with Gasteiger partial charge in [0.15, 0.2) is 0 Å². The SMILES string of the molecule is CCSc1nc2n(n1)CC(C(=O)Nc1ccccc1)=C(C)N2. The molecule has 0 atom stereocenters. The summed E-state index contributed by atoms with van der Waals surface area (Å²) in [4.78, 5) is 16.9. The van der Waals surface area contributed by atoms with E-state index in [1.54, 1.807) is 16.4 Å². The zero-order valence-corrected chi connectivity index (χ0v) is 13.3. The van der Waals surface area contributed by atoms with Crippen LogP contribution in [-0.4, -0.2) is 26.4 Å². The second kappa shape index (κ2) is 6.23. The predicted octanol–water partition coefficient (Wildman–Crippen LogP) is 2.73. The number of anilines is 2. The Morgan fingerprint density at radius 2 is 2.18 bits per heavy atom. The van der Waals surface area contributed by atoms with Crippen molar-refractivity contribution in [2.75, 3.05) is 16.4 Å². The maximum absolute atomic E-state index is 12.4. The zero-order chi connectivity index (χ0) is 15.5. The van der Waals surface area contributed by atoms with E-state index in [-0.39, 0.29) is 5.91 Å². The molecule has 1 aliphatic heterocycles. The molecule has 1 amide bonds. The van der Waals surface area contributed by atoms with Crippen LogP contribution in [0.25, 0.3) is 0 Å². The van der Waals surface area contributed by atoms with Crippen molar-refractivity contribution in [3.8, 4) is 0 Å². The number of carbonyl (C=O) groups is 1. The fourth-order valence-electron chi connectivity index (χ4n) is 2.20. The van der Waals surface area contributed by atoms with Crippen LogP contribution in [0.3, 0.4) is 0 Å².